The van der Waals surface area contributed by atoms with Crippen LogP contribution >= 0.6 is 0 Å². The van der Waals surface area contributed by atoms with E-state index in [4.69, 9.17) is 14.2 Å². The summed E-state index contributed by atoms with van der Waals surface area (Å²) >= 11 is 0. The highest BCUT2D eigenvalue weighted by molar-refractivity contribution is 5.09. The summed E-state index contributed by atoms with van der Waals surface area (Å²) in [4.78, 5) is 0. The van der Waals surface area contributed by atoms with Crippen LogP contribution < -0.4 is 0 Å². The number of hydrogen-bond acceptors (Lipinski definition) is 3. The Morgan fingerprint density at radius 2 is 2.17 bits per heavy atom. The van der Waals surface area contributed by atoms with E-state index in [1.807, 2.05) is 6.92 Å². The number of allylic oxidation sites excluding steroid dienone is 1. The van der Waals surface area contributed by atoms with E-state index >= 15 is 0 Å². The zero-order chi connectivity index (χ0) is 8.13. The maximum absolute atomic E-state index is 5.62. The number of ether oxygens (including phenoxy) is 3. The van der Waals surface area contributed by atoms with E-state index in [9.17, 15) is 0 Å². The first-order valence-electron chi connectivity index (χ1n) is 4.45. The van der Waals surface area contributed by atoms with E-state index in [0.717, 1.165) is 6.61 Å². The summed E-state index contributed by atoms with van der Waals surface area (Å²) in [6, 6.07) is 0. The second kappa shape index (κ2) is 2.31. The van der Waals surface area contributed by atoms with Crippen LogP contribution in [-0.4, -0.2) is 31.2 Å². The average molecular weight is 168 g/mol. The van der Waals surface area contributed by atoms with Gasteiger partial charge in [0.05, 0.1) is 18.8 Å². The van der Waals surface area contributed by atoms with Gasteiger partial charge < -0.3 is 14.2 Å². The van der Waals surface area contributed by atoms with Gasteiger partial charge >= 0.3 is 0 Å². The quantitative estimate of drug-likeness (QED) is 0.426. The molecule has 3 aliphatic heterocycles. The summed E-state index contributed by atoms with van der Waals surface area (Å²) in [7, 11) is 0. The van der Waals surface area contributed by atoms with Crippen molar-refractivity contribution in [3.63, 3.8) is 0 Å². The second-order valence-electron chi connectivity index (χ2n) is 3.54. The molecule has 0 N–H and O–H groups in total. The van der Waals surface area contributed by atoms with E-state index in [1.165, 1.54) is 0 Å². The molecule has 3 rings (SSSR count). The zero-order valence-electron chi connectivity index (χ0n) is 6.97. The highest BCUT2D eigenvalue weighted by Gasteiger charge is 2.60. The summed E-state index contributed by atoms with van der Waals surface area (Å²) in [5, 5.41) is 0. The molecule has 12 heavy (non-hydrogen) atoms. The third-order valence-corrected chi connectivity index (χ3v) is 2.79. The van der Waals surface area contributed by atoms with Crippen molar-refractivity contribution in [2.45, 2.75) is 31.5 Å². The predicted molar refractivity (Wildman–Crippen MR) is 41.6 cm³/mol. The van der Waals surface area contributed by atoms with Crippen molar-refractivity contribution in [3.05, 3.63) is 12.2 Å². The Kier molecular flexibility index (Phi) is 1.36. The first-order chi connectivity index (χ1) is 5.90. The highest BCUT2D eigenvalue weighted by Crippen LogP contribution is 2.45. The first-order valence-corrected chi connectivity index (χ1v) is 4.45. The molecule has 2 bridgehead atoms. The summed E-state index contributed by atoms with van der Waals surface area (Å²) in [6.07, 6.45) is 4.97. The molecular weight excluding hydrogens is 156 g/mol. The van der Waals surface area contributed by atoms with Crippen LogP contribution in [0, 0.1) is 5.92 Å². The molecule has 66 valence electrons. The SMILES string of the molecule is CC=C[C@@H]1C2CO[C@H](O2)C2OC21. The maximum Gasteiger partial charge on any atom is 0.186 e. The molecule has 3 heteroatoms. The predicted octanol–water partition coefficient (Wildman–Crippen LogP) is 0.701. The molecule has 0 spiro atoms. The lowest BCUT2D eigenvalue weighted by Gasteiger charge is -2.20. The minimum atomic E-state index is -0.0680. The number of hydrogen-bond donors (Lipinski definition) is 0. The number of epoxide rings is 1. The van der Waals surface area contributed by atoms with E-state index in [-0.39, 0.29) is 18.5 Å². The molecule has 5 atom stereocenters. The number of fused-ring (bicyclic) bond motifs is 4. The maximum atomic E-state index is 5.62. The molecule has 0 aromatic carbocycles. The summed E-state index contributed by atoms with van der Waals surface area (Å²) in [5.41, 5.74) is 0. The molecule has 3 unspecified atom stereocenters. The van der Waals surface area contributed by atoms with E-state index < -0.39 is 0 Å². The van der Waals surface area contributed by atoms with Crippen molar-refractivity contribution in [2.75, 3.05) is 6.61 Å². The normalized spacial score (nSPS) is 55.9. The Hall–Kier alpha value is -0.380. The molecule has 3 aliphatic rings. The van der Waals surface area contributed by atoms with Crippen molar-refractivity contribution >= 4 is 0 Å². The van der Waals surface area contributed by atoms with E-state index in [2.05, 4.69) is 12.2 Å². The van der Waals surface area contributed by atoms with E-state index in [0.29, 0.717) is 12.0 Å². The lowest BCUT2D eigenvalue weighted by molar-refractivity contribution is -0.0846. The first kappa shape index (κ1) is 7.06. The topological polar surface area (TPSA) is 31.0 Å². The van der Waals surface area contributed by atoms with Crippen LogP contribution in [0.2, 0.25) is 0 Å². The molecule has 0 saturated carbocycles. The minimum absolute atomic E-state index is 0.0680. The van der Waals surface area contributed by atoms with Crippen molar-refractivity contribution in [1.29, 1.82) is 0 Å². The van der Waals surface area contributed by atoms with E-state index in [1.54, 1.807) is 0 Å². The Balaban J connectivity index is 1.85. The molecule has 3 heterocycles. The fourth-order valence-corrected chi connectivity index (χ4v) is 2.15. The second-order valence-corrected chi connectivity index (χ2v) is 3.54. The molecule has 0 aliphatic carbocycles. The summed E-state index contributed by atoms with van der Waals surface area (Å²) in [6.45, 7) is 2.76. The molecule has 3 saturated heterocycles. The fraction of sp³-hybridized carbons (Fsp3) is 0.778. The smallest absolute Gasteiger partial charge is 0.186 e. The molecule has 0 amide bonds. The lowest BCUT2D eigenvalue weighted by atomic mass is 9.95. The Bertz CT molecular complexity index is 226. The standard InChI is InChI=1S/C9H12O3/c1-2-3-5-6-4-10-9(11-6)8-7(5)12-8/h2-3,5-9H,4H2,1H3/t5-,6?,7?,8?,9-/m1/s1. The molecule has 3 nitrogen and oxygen atoms in total. The van der Waals surface area contributed by atoms with Gasteiger partial charge in [0.2, 0.25) is 0 Å². The summed E-state index contributed by atoms with van der Waals surface area (Å²) in [5.74, 6) is 0.416. The van der Waals surface area contributed by atoms with Crippen molar-refractivity contribution in [2.24, 2.45) is 5.92 Å². The van der Waals surface area contributed by atoms with Gasteiger partial charge in [-0.25, -0.2) is 0 Å². The third kappa shape index (κ3) is 0.815. The third-order valence-electron chi connectivity index (χ3n) is 2.79. The van der Waals surface area contributed by atoms with Gasteiger partial charge in [-0.3, -0.25) is 0 Å². The van der Waals surface area contributed by atoms with Crippen molar-refractivity contribution in [1.82, 2.24) is 0 Å². The van der Waals surface area contributed by atoms with Crippen LogP contribution in [0.15, 0.2) is 12.2 Å². The number of rotatable bonds is 1. The van der Waals surface area contributed by atoms with Crippen LogP contribution in [0.5, 0.6) is 0 Å². The van der Waals surface area contributed by atoms with Gasteiger partial charge in [0.25, 0.3) is 0 Å². The van der Waals surface area contributed by atoms with Crippen LogP contribution in [-0.2, 0) is 14.2 Å². The lowest BCUT2D eigenvalue weighted by Crippen LogP contribution is -2.34. The molecule has 0 radical (unpaired) electrons. The Morgan fingerprint density at radius 1 is 1.25 bits per heavy atom. The zero-order valence-corrected chi connectivity index (χ0v) is 6.97. The van der Waals surface area contributed by atoms with Gasteiger partial charge in [0, 0.05) is 5.92 Å². The minimum Gasteiger partial charge on any atom is -0.363 e. The monoisotopic (exact) mass is 168 g/mol. The van der Waals surface area contributed by atoms with Crippen molar-refractivity contribution in [3.8, 4) is 0 Å². The molecule has 0 aromatic heterocycles. The van der Waals surface area contributed by atoms with Gasteiger partial charge in [-0.2, -0.15) is 0 Å². The molecule has 3 fully saturated rings. The van der Waals surface area contributed by atoms with Crippen molar-refractivity contribution < 1.29 is 14.2 Å². The van der Waals surface area contributed by atoms with Crippen LogP contribution in [0.4, 0.5) is 0 Å². The average Bonchev–Trinajstić information content (AvgIpc) is 2.75. The van der Waals surface area contributed by atoms with Gasteiger partial charge in [0.1, 0.15) is 6.10 Å². The Morgan fingerprint density at radius 3 is 3.00 bits per heavy atom. The van der Waals surface area contributed by atoms with Crippen LogP contribution in [0.25, 0.3) is 0 Å². The largest absolute Gasteiger partial charge is 0.363 e. The highest BCUT2D eigenvalue weighted by atomic mass is 16.8. The van der Waals surface area contributed by atoms with Gasteiger partial charge in [0.15, 0.2) is 6.29 Å². The summed E-state index contributed by atoms with van der Waals surface area (Å²) < 4.78 is 16.5. The van der Waals surface area contributed by atoms with Gasteiger partial charge in [-0.15, -0.1) is 0 Å². The van der Waals surface area contributed by atoms with Gasteiger partial charge in [-0.05, 0) is 6.92 Å². The molecular formula is C9H12O3. The Labute approximate surface area is 71.3 Å². The fourth-order valence-electron chi connectivity index (χ4n) is 2.15. The molecule has 0 aromatic rings. The van der Waals surface area contributed by atoms with Crippen LogP contribution in [0.3, 0.4) is 0 Å². The van der Waals surface area contributed by atoms with Gasteiger partial charge in [-0.1, -0.05) is 12.2 Å². The van der Waals surface area contributed by atoms with Crippen LogP contribution in [0.1, 0.15) is 6.92 Å².